The lowest BCUT2D eigenvalue weighted by Gasteiger charge is -2.44. The standard InChI is InChI=1S/C19H38N2/c1-5-7-13-21(17-9-10-17)19-14-16(15(3)4)8-11-18(19)20-12-6-2/h15-20H,5-14H2,1-4H3. The summed E-state index contributed by atoms with van der Waals surface area (Å²) in [7, 11) is 0. The van der Waals surface area contributed by atoms with E-state index in [2.05, 4.69) is 37.9 Å². The first-order chi connectivity index (χ1) is 10.2. The molecule has 0 spiro atoms. The number of rotatable bonds is 9. The van der Waals surface area contributed by atoms with Gasteiger partial charge in [0.2, 0.25) is 0 Å². The molecule has 0 amide bonds. The Morgan fingerprint density at radius 1 is 1.05 bits per heavy atom. The van der Waals surface area contributed by atoms with Gasteiger partial charge in [-0.1, -0.05) is 34.1 Å². The Morgan fingerprint density at radius 3 is 2.38 bits per heavy atom. The normalized spacial score (nSPS) is 30.3. The van der Waals surface area contributed by atoms with Crippen molar-refractivity contribution in [1.82, 2.24) is 10.2 Å². The highest BCUT2D eigenvalue weighted by atomic mass is 15.2. The van der Waals surface area contributed by atoms with Crippen LogP contribution >= 0.6 is 0 Å². The highest BCUT2D eigenvalue weighted by Crippen LogP contribution is 2.38. The van der Waals surface area contributed by atoms with E-state index in [0.29, 0.717) is 0 Å². The Balaban J connectivity index is 2.02. The van der Waals surface area contributed by atoms with Crippen molar-refractivity contribution >= 4 is 0 Å². The summed E-state index contributed by atoms with van der Waals surface area (Å²) in [5.74, 6) is 1.80. The van der Waals surface area contributed by atoms with Crippen molar-refractivity contribution in [2.24, 2.45) is 11.8 Å². The maximum absolute atomic E-state index is 3.88. The summed E-state index contributed by atoms with van der Waals surface area (Å²) < 4.78 is 0. The Labute approximate surface area is 133 Å². The number of hydrogen-bond donors (Lipinski definition) is 1. The summed E-state index contributed by atoms with van der Waals surface area (Å²) in [6.07, 6.45) is 11.1. The zero-order chi connectivity index (χ0) is 15.2. The zero-order valence-electron chi connectivity index (χ0n) is 14.9. The van der Waals surface area contributed by atoms with Gasteiger partial charge in [-0.05, 0) is 69.9 Å². The highest BCUT2D eigenvalue weighted by molar-refractivity contribution is 4.97. The summed E-state index contributed by atoms with van der Waals surface area (Å²) in [4.78, 5) is 2.91. The lowest BCUT2D eigenvalue weighted by molar-refractivity contribution is 0.0754. The van der Waals surface area contributed by atoms with Crippen LogP contribution in [0.5, 0.6) is 0 Å². The second-order valence-corrected chi connectivity index (χ2v) is 7.77. The third-order valence-electron chi connectivity index (χ3n) is 5.67. The zero-order valence-corrected chi connectivity index (χ0v) is 14.9. The summed E-state index contributed by atoms with van der Waals surface area (Å²) in [6, 6.07) is 2.47. The van der Waals surface area contributed by atoms with Crippen LogP contribution in [0, 0.1) is 11.8 Å². The molecule has 0 heterocycles. The molecule has 2 heteroatoms. The van der Waals surface area contributed by atoms with E-state index < -0.39 is 0 Å². The van der Waals surface area contributed by atoms with Gasteiger partial charge >= 0.3 is 0 Å². The van der Waals surface area contributed by atoms with E-state index in [1.54, 1.807) is 0 Å². The largest absolute Gasteiger partial charge is 0.312 e. The van der Waals surface area contributed by atoms with E-state index in [-0.39, 0.29) is 0 Å². The quantitative estimate of drug-likeness (QED) is 0.676. The molecule has 0 aromatic carbocycles. The van der Waals surface area contributed by atoms with Gasteiger partial charge in [0.25, 0.3) is 0 Å². The molecule has 2 rings (SSSR count). The first kappa shape index (κ1) is 17.3. The van der Waals surface area contributed by atoms with E-state index in [4.69, 9.17) is 0 Å². The fraction of sp³-hybridized carbons (Fsp3) is 1.00. The van der Waals surface area contributed by atoms with Gasteiger partial charge in [0, 0.05) is 18.1 Å². The molecule has 124 valence electrons. The van der Waals surface area contributed by atoms with Crippen molar-refractivity contribution in [3.05, 3.63) is 0 Å². The van der Waals surface area contributed by atoms with E-state index in [9.17, 15) is 0 Å². The van der Waals surface area contributed by atoms with Gasteiger partial charge in [-0.3, -0.25) is 4.90 Å². The summed E-state index contributed by atoms with van der Waals surface area (Å²) in [6.45, 7) is 12.0. The van der Waals surface area contributed by atoms with Crippen molar-refractivity contribution in [3.8, 4) is 0 Å². The molecule has 3 atom stereocenters. The molecular formula is C19H38N2. The van der Waals surface area contributed by atoms with Crippen LogP contribution in [0.1, 0.15) is 79.1 Å². The molecule has 1 N–H and O–H groups in total. The Bertz CT molecular complexity index is 285. The molecule has 2 nitrogen and oxygen atoms in total. The van der Waals surface area contributed by atoms with Crippen LogP contribution < -0.4 is 5.32 Å². The fourth-order valence-electron chi connectivity index (χ4n) is 4.08. The molecule has 0 aromatic rings. The summed E-state index contributed by atoms with van der Waals surface area (Å²) in [5, 5.41) is 3.88. The van der Waals surface area contributed by atoms with E-state index >= 15 is 0 Å². The average molecular weight is 295 g/mol. The van der Waals surface area contributed by atoms with Crippen molar-refractivity contribution in [2.45, 2.75) is 97.2 Å². The van der Waals surface area contributed by atoms with Crippen LogP contribution in [0.4, 0.5) is 0 Å². The van der Waals surface area contributed by atoms with Gasteiger partial charge in [-0.25, -0.2) is 0 Å². The third kappa shape index (κ3) is 4.96. The lowest BCUT2D eigenvalue weighted by Crippen LogP contribution is -2.54. The molecule has 0 radical (unpaired) electrons. The molecule has 3 unspecified atom stereocenters. The van der Waals surface area contributed by atoms with Gasteiger partial charge < -0.3 is 5.32 Å². The van der Waals surface area contributed by atoms with Crippen LogP contribution in [0.3, 0.4) is 0 Å². The second-order valence-electron chi connectivity index (χ2n) is 7.77. The molecule has 0 aliphatic heterocycles. The van der Waals surface area contributed by atoms with Crippen LogP contribution in [0.25, 0.3) is 0 Å². The molecule has 2 fully saturated rings. The van der Waals surface area contributed by atoms with Crippen LogP contribution in [-0.4, -0.2) is 36.1 Å². The minimum absolute atomic E-state index is 0.748. The minimum atomic E-state index is 0.748. The van der Waals surface area contributed by atoms with Crippen LogP contribution in [0.15, 0.2) is 0 Å². The number of hydrogen-bond acceptors (Lipinski definition) is 2. The van der Waals surface area contributed by atoms with Gasteiger partial charge in [-0.2, -0.15) is 0 Å². The van der Waals surface area contributed by atoms with Gasteiger partial charge in [0.05, 0.1) is 0 Å². The second kappa shape index (κ2) is 8.53. The summed E-state index contributed by atoms with van der Waals surface area (Å²) >= 11 is 0. The molecule has 2 saturated carbocycles. The van der Waals surface area contributed by atoms with Gasteiger partial charge in [0.1, 0.15) is 0 Å². The first-order valence-corrected chi connectivity index (χ1v) is 9.66. The fourth-order valence-corrected chi connectivity index (χ4v) is 4.08. The van der Waals surface area contributed by atoms with Crippen LogP contribution in [-0.2, 0) is 0 Å². The number of unbranched alkanes of at least 4 members (excludes halogenated alkanes) is 1. The Morgan fingerprint density at radius 2 is 1.81 bits per heavy atom. The Kier molecular flexibility index (Phi) is 7.01. The molecule has 0 bridgehead atoms. The minimum Gasteiger partial charge on any atom is -0.312 e. The SMILES string of the molecule is CCCCN(C1CC1)C1CC(C(C)C)CCC1NCCC. The average Bonchev–Trinajstić information content (AvgIpc) is 3.30. The number of nitrogens with zero attached hydrogens (tertiary/aromatic N) is 1. The smallest absolute Gasteiger partial charge is 0.0255 e. The molecule has 2 aliphatic rings. The van der Waals surface area contributed by atoms with E-state index in [0.717, 1.165) is 30.0 Å². The maximum Gasteiger partial charge on any atom is 0.0255 e. The highest BCUT2D eigenvalue weighted by Gasteiger charge is 2.40. The van der Waals surface area contributed by atoms with Crippen molar-refractivity contribution in [1.29, 1.82) is 0 Å². The van der Waals surface area contributed by atoms with Crippen molar-refractivity contribution in [2.75, 3.05) is 13.1 Å². The Hall–Kier alpha value is -0.0800. The predicted octanol–water partition coefficient (Wildman–Crippen LogP) is 4.44. The van der Waals surface area contributed by atoms with E-state index in [1.807, 2.05) is 0 Å². The number of nitrogens with one attached hydrogen (secondary N) is 1. The maximum atomic E-state index is 3.88. The van der Waals surface area contributed by atoms with E-state index in [1.165, 1.54) is 64.5 Å². The third-order valence-corrected chi connectivity index (χ3v) is 5.67. The topological polar surface area (TPSA) is 15.3 Å². The molecule has 0 saturated heterocycles. The van der Waals surface area contributed by atoms with Crippen molar-refractivity contribution < 1.29 is 0 Å². The molecular weight excluding hydrogens is 256 g/mol. The van der Waals surface area contributed by atoms with Crippen molar-refractivity contribution in [3.63, 3.8) is 0 Å². The van der Waals surface area contributed by atoms with Crippen LogP contribution in [0.2, 0.25) is 0 Å². The predicted molar refractivity (Wildman–Crippen MR) is 92.7 cm³/mol. The molecule has 0 aromatic heterocycles. The van der Waals surface area contributed by atoms with Gasteiger partial charge in [-0.15, -0.1) is 0 Å². The first-order valence-electron chi connectivity index (χ1n) is 9.66. The molecule has 21 heavy (non-hydrogen) atoms. The van der Waals surface area contributed by atoms with Gasteiger partial charge in [0.15, 0.2) is 0 Å². The molecule has 2 aliphatic carbocycles. The monoisotopic (exact) mass is 294 g/mol. The summed E-state index contributed by atoms with van der Waals surface area (Å²) in [5.41, 5.74) is 0. The lowest BCUT2D eigenvalue weighted by atomic mass is 9.76.